The van der Waals surface area contributed by atoms with Gasteiger partial charge in [-0.3, -0.25) is 14.5 Å². The van der Waals surface area contributed by atoms with E-state index < -0.39 is 17.7 Å². The number of aryl methyl sites for hydroxylation is 1. The van der Waals surface area contributed by atoms with Crippen LogP contribution < -0.4 is 14.2 Å². The second-order valence-corrected chi connectivity index (χ2v) is 10.1. The summed E-state index contributed by atoms with van der Waals surface area (Å²) in [6.07, 6.45) is 3.60. The number of hydrogen-bond acceptors (Lipinski definition) is 8. The molecule has 0 spiro atoms. The number of Topliss-reactive ketones (excluding diaryl/α,β-unsaturated/α-hetero) is 1. The van der Waals surface area contributed by atoms with Crippen LogP contribution in [-0.4, -0.2) is 86.3 Å². The first kappa shape index (κ1) is 30.1. The summed E-state index contributed by atoms with van der Waals surface area (Å²) in [5.74, 6) is 0.0699. The number of nitrogens with zero attached hydrogens (tertiary/aromatic N) is 2. The smallest absolute Gasteiger partial charge is 0.295 e. The Labute approximate surface area is 241 Å². The molecule has 1 unspecified atom stereocenters. The predicted molar refractivity (Wildman–Crippen MR) is 157 cm³/mol. The van der Waals surface area contributed by atoms with Gasteiger partial charge in [0.15, 0.2) is 11.5 Å². The van der Waals surface area contributed by atoms with E-state index in [0.717, 1.165) is 31.5 Å². The molecule has 2 fully saturated rings. The number of ether oxygens (including phenoxy) is 4. The van der Waals surface area contributed by atoms with E-state index in [0.29, 0.717) is 67.9 Å². The van der Waals surface area contributed by atoms with Crippen molar-refractivity contribution >= 4 is 17.4 Å². The molecule has 0 aliphatic carbocycles. The zero-order valence-corrected chi connectivity index (χ0v) is 24.2. The lowest BCUT2D eigenvalue weighted by atomic mass is 9.93. The minimum Gasteiger partial charge on any atom is -0.507 e. The van der Waals surface area contributed by atoms with Crippen molar-refractivity contribution in [3.8, 4) is 17.2 Å². The number of amides is 1. The Morgan fingerprint density at radius 3 is 2.56 bits per heavy atom. The predicted octanol–water partition coefficient (Wildman–Crippen LogP) is 4.50. The van der Waals surface area contributed by atoms with Crippen LogP contribution in [0, 0.1) is 6.92 Å². The molecule has 1 N–H and O–H groups in total. The van der Waals surface area contributed by atoms with Crippen LogP contribution in [0.15, 0.2) is 54.6 Å². The van der Waals surface area contributed by atoms with E-state index in [4.69, 9.17) is 18.9 Å². The van der Waals surface area contributed by atoms with E-state index in [1.54, 1.807) is 41.3 Å². The Morgan fingerprint density at radius 2 is 1.88 bits per heavy atom. The van der Waals surface area contributed by atoms with E-state index >= 15 is 0 Å². The Morgan fingerprint density at radius 1 is 1.10 bits per heavy atom. The molecule has 0 saturated carbocycles. The van der Waals surface area contributed by atoms with E-state index in [2.05, 4.69) is 18.4 Å². The highest BCUT2D eigenvalue weighted by Crippen LogP contribution is 2.42. The molecule has 0 aromatic heterocycles. The van der Waals surface area contributed by atoms with E-state index in [1.807, 2.05) is 13.0 Å². The van der Waals surface area contributed by atoms with Crippen molar-refractivity contribution in [1.29, 1.82) is 0 Å². The fraction of sp³-hybridized carbons (Fsp3) is 0.438. The normalized spacial score (nSPS) is 18.9. The second-order valence-electron chi connectivity index (χ2n) is 10.1. The molecule has 2 saturated heterocycles. The summed E-state index contributed by atoms with van der Waals surface area (Å²) in [6.45, 7) is 12.2. The van der Waals surface area contributed by atoms with Crippen molar-refractivity contribution in [1.82, 2.24) is 9.80 Å². The number of aliphatic hydroxyl groups is 1. The van der Waals surface area contributed by atoms with E-state index in [1.165, 1.54) is 7.11 Å². The largest absolute Gasteiger partial charge is 0.507 e. The first-order chi connectivity index (χ1) is 19.9. The number of ketones is 1. The van der Waals surface area contributed by atoms with Crippen molar-refractivity contribution in [3.63, 3.8) is 0 Å². The number of carbonyl (C=O) groups excluding carboxylic acids is 2. The Hall–Kier alpha value is -3.82. The maximum Gasteiger partial charge on any atom is 0.295 e. The molecule has 41 heavy (non-hydrogen) atoms. The summed E-state index contributed by atoms with van der Waals surface area (Å²) in [5, 5.41) is 11.6. The van der Waals surface area contributed by atoms with Gasteiger partial charge in [-0.2, -0.15) is 0 Å². The molecule has 2 heterocycles. The summed E-state index contributed by atoms with van der Waals surface area (Å²) < 4.78 is 22.6. The molecule has 1 atom stereocenters. The fourth-order valence-corrected chi connectivity index (χ4v) is 5.12. The van der Waals surface area contributed by atoms with Crippen LogP contribution in [0.1, 0.15) is 42.5 Å². The third-order valence-corrected chi connectivity index (χ3v) is 7.38. The molecule has 0 radical (unpaired) electrons. The minimum absolute atomic E-state index is 0.0431. The Balaban J connectivity index is 1.75. The summed E-state index contributed by atoms with van der Waals surface area (Å²) in [5.41, 5.74) is 1.89. The topological polar surface area (TPSA) is 97.8 Å². The van der Waals surface area contributed by atoms with Crippen LogP contribution in [0.25, 0.3) is 5.76 Å². The average molecular weight is 565 g/mol. The molecule has 2 aliphatic heterocycles. The molecule has 220 valence electrons. The number of likely N-dealkylation sites (tertiary alicyclic amines) is 1. The van der Waals surface area contributed by atoms with Gasteiger partial charge in [0.2, 0.25) is 0 Å². The van der Waals surface area contributed by atoms with E-state index in [9.17, 15) is 14.7 Å². The highest BCUT2D eigenvalue weighted by Gasteiger charge is 2.46. The monoisotopic (exact) mass is 564 g/mol. The van der Waals surface area contributed by atoms with Crippen LogP contribution in [0.3, 0.4) is 0 Å². The van der Waals surface area contributed by atoms with Crippen molar-refractivity contribution in [2.75, 3.05) is 59.7 Å². The number of hydrogen-bond donors (Lipinski definition) is 1. The van der Waals surface area contributed by atoms with Gasteiger partial charge in [0.05, 0.1) is 38.5 Å². The van der Waals surface area contributed by atoms with Crippen LogP contribution in [0.5, 0.6) is 17.2 Å². The van der Waals surface area contributed by atoms with Gasteiger partial charge in [0, 0.05) is 31.7 Å². The minimum atomic E-state index is -0.807. The molecule has 4 rings (SSSR count). The molecular formula is C32H40N2O7. The van der Waals surface area contributed by atoms with Crippen molar-refractivity contribution < 1.29 is 33.6 Å². The molecule has 9 nitrogen and oxygen atoms in total. The number of carbonyl (C=O) groups is 2. The van der Waals surface area contributed by atoms with Crippen molar-refractivity contribution in [3.05, 3.63) is 71.3 Å². The molecule has 2 aromatic rings. The van der Waals surface area contributed by atoms with Gasteiger partial charge in [-0.05, 0) is 54.8 Å². The van der Waals surface area contributed by atoms with Crippen LogP contribution in [-0.2, 0) is 14.3 Å². The molecule has 0 bridgehead atoms. The number of rotatable bonds is 13. The van der Waals surface area contributed by atoms with Gasteiger partial charge in [-0.15, -0.1) is 0 Å². The lowest BCUT2D eigenvalue weighted by Gasteiger charge is -2.31. The van der Waals surface area contributed by atoms with Crippen molar-refractivity contribution in [2.45, 2.75) is 32.7 Å². The zero-order valence-electron chi connectivity index (χ0n) is 24.2. The van der Waals surface area contributed by atoms with Crippen LogP contribution in [0.2, 0.25) is 0 Å². The molecule has 9 heteroatoms. The lowest BCUT2D eigenvalue weighted by molar-refractivity contribution is -0.140. The number of methoxy groups -OCH3 is 1. The summed E-state index contributed by atoms with van der Waals surface area (Å²) in [7, 11) is 1.53. The number of unbranched alkanes of at least 4 members (excludes halogenated alkanes) is 1. The third-order valence-electron chi connectivity index (χ3n) is 7.38. The molecule has 2 aromatic carbocycles. The molecule has 2 aliphatic rings. The summed E-state index contributed by atoms with van der Waals surface area (Å²) in [4.78, 5) is 30.7. The van der Waals surface area contributed by atoms with Gasteiger partial charge in [-0.25, -0.2) is 0 Å². The number of aliphatic hydroxyl groups excluding tert-OH is 1. The first-order valence-corrected chi connectivity index (χ1v) is 14.1. The van der Waals surface area contributed by atoms with Gasteiger partial charge in [0.1, 0.15) is 18.1 Å². The zero-order chi connectivity index (χ0) is 29.4. The van der Waals surface area contributed by atoms with Gasteiger partial charge >= 0.3 is 0 Å². The van der Waals surface area contributed by atoms with E-state index in [-0.39, 0.29) is 11.3 Å². The molecular weight excluding hydrogens is 524 g/mol. The highest BCUT2D eigenvalue weighted by molar-refractivity contribution is 6.46. The highest BCUT2D eigenvalue weighted by atomic mass is 16.5. The van der Waals surface area contributed by atoms with Gasteiger partial charge in [-0.1, -0.05) is 32.1 Å². The number of morpholine rings is 1. The van der Waals surface area contributed by atoms with Crippen LogP contribution >= 0.6 is 0 Å². The first-order valence-electron chi connectivity index (χ1n) is 14.1. The summed E-state index contributed by atoms with van der Waals surface area (Å²) in [6, 6.07) is 9.83. The SMILES string of the molecule is C=CCOc1ccc(C2C(=C(O)c3ccc(OCCCC)cc3C)C(=O)C(=O)N2CCN2CCOCC2)cc1OC. The quantitative estimate of drug-likeness (QED) is 0.125. The summed E-state index contributed by atoms with van der Waals surface area (Å²) >= 11 is 0. The van der Waals surface area contributed by atoms with Gasteiger partial charge in [0.25, 0.3) is 11.7 Å². The average Bonchev–Trinajstić information content (AvgIpc) is 3.24. The Bertz CT molecular complexity index is 1280. The lowest BCUT2D eigenvalue weighted by Crippen LogP contribution is -2.42. The maximum absolute atomic E-state index is 13.5. The Kier molecular flexibility index (Phi) is 10.4. The standard InChI is InChI=1S/C32H40N2O7/c1-5-7-17-40-24-9-10-25(22(3)20-24)30(35)28-29(23-8-11-26(41-16-6-2)27(21-23)38-4)34(32(37)31(28)36)13-12-33-14-18-39-19-15-33/h6,8-11,20-21,29,35H,2,5,7,12-19H2,1,3-4H3. The number of benzene rings is 2. The van der Waals surface area contributed by atoms with Gasteiger partial charge < -0.3 is 29.0 Å². The fourth-order valence-electron chi connectivity index (χ4n) is 5.12. The van der Waals surface area contributed by atoms with Crippen LogP contribution in [0.4, 0.5) is 0 Å². The maximum atomic E-state index is 13.5. The third kappa shape index (κ3) is 6.92. The molecule has 1 amide bonds. The van der Waals surface area contributed by atoms with Crippen molar-refractivity contribution in [2.24, 2.45) is 0 Å². The second kappa shape index (κ2) is 14.2.